The van der Waals surface area contributed by atoms with Gasteiger partial charge >= 0.3 is 0 Å². The van der Waals surface area contributed by atoms with Gasteiger partial charge in [0.2, 0.25) is 6.79 Å². The molecule has 0 bridgehead atoms. The van der Waals surface area contributed by atoms with Crippen molar-refractivity contribution >= 4 is 0 Å². The lowest BCUT2D eigenvalue weighted by Gasteiger charge is -2.27. The van der Waals surface area contributed by atoms with E-state index in [2.05, 4.69) is 19.9 Å². The van der Waals surface area contributed by atoms with Gasteiger partial charge in [0.05, 0.1) is 12.5 Å². The summed E-state index contributed by atoms with van der Waals surface area (Å²) < 4.78 is 23.8. The predicted octanol–water partition coefficient (Wildman–Crippen LogP) is 4.32. The highest BCUT2D eigenvalue weighted by Crippen LogP contribution is 2.56. The predicted molar refractivity (Wildman–Crippen MR) is 95.4 cm³/mol. The van der Waals surface area contributed by atoms with Crippen LogP contribution in [0.15, 0.2) is 24.3 Å². The molecule has 3 heterocycles. The number of ether oxygens (including phenoxy) is 4. The van der Waals surface area contributed by atoms with Crippen LogP contribution in [-0.2, 0) is 6.42 Å². The molecular weight excluding hydrogens is 332 g/mol. The second-order valence-electron chi connectivity index (χ2n) is 7.62. The van der Waals surface area contributed by atoms with Gasteiger partial charge in [-0.15, -0.1) is 0 Å². The zero-order valence-electron chi connectivity index (χ0n) is 15.0. The minimum atomic E-state index is -0.102. The molecule has 0 radical (unpaired) electrons. The maximum atomic E-state index is 9.73. The zero-order chi connectivity index (χ0) is 17.8. The van der Waals surface area contributed by atoms with Gasteiger partial charge in [-0.3, -0.25) is 0 Å². The largest absolute Gasteiger partial charge is 0.508 e. The summed E-state index contributed by atoms with van der Waals surface area (Å²) in [5.41, 5.74) is 3.22. The molecule has 5 nitrogen and oxygen atoms in total. The van der Waals surface area contributed by atoms with Crippen molar-refractivity contribution in [2.45, 2.75) is 38.7 Å². The van der Waals surface area contributed by atoms with E-state index in [9.17, 15) is 5.11 Å². The number of hydrogen-bond acceptors (Lipinski definition) is 5. The molecule has 0 unspecified atom stereocenters. The Labute approximate surface area is 152 Å². The monoisotopic (exact) mass is 354 g/mol. The van der Waals surface area contributed by atoms with Crippen LogP contribution < -0.4 is 18.9 Å². The van der Waals surface area contributed by atoms with Gasteiger partial charge in [0.25, 0.3) is 0 Å². The van der Waals surface area contributed by atoms with Gasteiger partial charge in [-0.25, -0.2) is 0 Å². The molecule has 1 N–H and O–H groups in total. The first-order valence-electron chi connectivity index (χ1n) is 9.19. The quantitative estimate of drug-likeness (QED) is 0.890. The lowest BCUT2D eigenvalue weighted by Crippen LogP contribution is -2.23. The fraction of sp³-hybridized carbons (Fsp3) is 0.429. The van der Waals surface area contributed by atoms with E-state index in [1.54, 1.807) is 12.1 Å². The third kappa shape index (κ3) is 2.30. The lowest BCUT2D eigenvalue weighted by molar-refractivity contribution is 0.137. The van der Waals surface area contributed by atoms with Crippen molar-refractivity contribution < 1.29 is 24.1 Å². The van der Waals surface area contributed by atoms with Crippen molar-refractivity contribution in [3.63, 3.8) is 0 Å². The average Bonchev–Trinajstić information content (AvgIpc) is 3.22. The maximum Gasteiger partial charge on any atom is 0.231 e. The van der Waals surface area contributed by atoms with Crippen LogP contribution in [0.3, 0.4) is 0 Å². The Hall–Kier alpha value is -2.56. The molecule has 26 heavy (non-hydrogen) atoms. The normalized spacial score (nSPS) is 21.7. The van der Waals surface area contributed by atoms with Crippen LogP contribution in [0.2, 0.25) is 0 Å². The molecule has 0 aromatic heterocycles. The minimum absolute atomic E-state index is 0.102. The minimum Gasteiger partial charge on any atom is -0.508 e. The van der Waals surface area contributed by atoms with Crippen LogP contribution >= 0.6 is 0 Å². The van der Waals surface area contributed by atoms with Crippen molar-refractivity contribution in [2.75, 3.05) is 13.4 Å². The van der Waals surface area contributed by atoms with Gasteiger partial charge in [-0.05, 0) is 37.0 Å². The Kier molecular flexibility index (Phi) is 3.45. The number of aromatic hydroxyl groups is 1. The summed E-state index contributed by atoms with van der Waals surface area (Å²) in [4.78, 5) is 0. The maximum absolute atomic E-state index is 9.73. The van der Waals surface area contributed by atoms with Gasteiger partial charge < -0.3 is 24.1 Å². The molecule has 3 aliphatic rings. The molecule has 3 aliphatic heterocycles. The third-order valence-electron chi connectivity index (χ3n) is 5.44. The third-order valence-corrected chi connectivity index (χ3v) is 5.44. The fourth-order valence-electron chi connectivity index (χ4n) is 4.08. The molecule has 2 aromatic carbocycles. The van der Waals surface area contributed by atoms with Gasteiger partial charge in [-0.1, -0.05) is 13.8 Å². The summed E-state index contributed by atoms with van der Waals surface area (Å²) in [6, 6.07) is 7.28. The van der Waals surface area contributed by atoms with Crippen LogP contribution in [0, 0.1) is 5.92 Å². The average molecular weight is 354 g/mol. The topological polar surface area (TPSA) is 57.2 Å². The molecule has 0 spiro atoms. The van der Waals surface area contributed by atoms with Gasteiger partial charge in [0.1, 0.15) is 23.4 Å². The number of hydrogen-bond donors (Lipinski definition) is 1. The summed E-state index contributed by atoms with van der Waals surface area (Å²) in [5, 5.41) is 9.73. The number of rotatable bonds is 3. The first-order chi connectivity index (χ1) is 12.6. The molecule has 2 aromatic rings. The van der Waals surface area contributed by atoms with Gasteiger partial charge in [0.15, 0.2) is 11.5 Å². The van der Waals surface area contributed by atoms with E-state index in [4.69, 9.17) is 18.9 Å². The molecule has 0 fully saturated rings. The first kappa shape index (κ1) is 15.7. The Morgan fingerprint density at radius 2 is 1.92 bits per heavy atom. The van der Waals surface area contributed by atoms with Crippen molar-refractivity contribution in [1.82, 2.24) is 0 Å². The fourth-order valence-corrected chi connectivity index (χ4v) is 4.08. The Morgan fingerprint density at radius 3 is 2.77 bits per heavy atom. The van der Waals surface area contributed by atoms with E-state index in [-0.39, 0.29) is 24.6 Å². The lowest BCUT2D eigenvalue weighted by atomic mass is 9.88. The molecule has 0 aliphatic carbocycles. The molecule has 136 valence electrons. The molecular formula is C21H22O5. The number of phenolic OH excluding ortho intramolecular Hbond substituents is 1. The van der Waals surface area contributed by atoms with E-state index in [1.807, 2.05) is 6.07 Å². The Bertz CT molecular complexity index is 873. The zero-order valence-corrected chi connectivity index (χ0v) is 15.0. The molecule has 0 saturated heterocycles. The van der Waals surface area contributed by atoms with Crippen LogP contribution in [0.25, 0.3) is 0 Å². The summed E-state index contributed by atoms with van der Waals surface area (Å²) in [7, 11) is 0. The highest BCUT2D eigenvalue weighted by molar-refractivity contribution is 5.63. The van der Waals surface area contributed by atoms with Crippen LogP contribution in [0.5, 0.6) is 28.7 Å². The van der Waals surface area contributed by atoms with Crippen LogP contribution in [0.4, 0.5) is 0 Å². The van der Waals surface area contributed by atoms with Gasteiger partial charge in [-0.2, -0.15) is 0 Å². The van der Waals surface area contributed by atoms with E-state index >= 15 is 0 Å². The first-order valence-corrected chi connectivity index (χ1v) is 9.19. The molecule has 5 heteroatoms. The highest BCUT2D eigenvalue weighted by atomic mass is 16.7. The second kappa shape index (κ2) is 5.73. The highest BCUT2D eigenvalue weighted by Gasteiger charge is 2.43. The summed E-state index contributed by atoms with van der Waals surface area (Å²) in [6.45, 7) is 5.23. The van der Waals surface area contributed by atoms with E-state index in [0.29, 0.717) is 18.3 Å². The number of fused-ring (bicyclic) bond motifs is 6. The van der Waals surface area contributed by atoms with Crippen molar-refractivity contribution in [1.29, 1.82) is 0 Å². The standard InChI is InChI=1S/C21H22O5/c1-11(2)3-5-14-20-15(8-18-21(14)25-10-24-18)16-9-23-17-7-12(22)4-6-13(17)19(16)26-20/h4,6-8,11,16,19,22H,3,5,9-10H2,1-2H3/t16-,19-/m0/s1. The van der Waals surface area contributed by atoms with Crippen molar-refractivity contribution in [2.24, 2.45) is 5.92 Å². The number of phenols is 1. The van der Waals surface area contributed by atoms with Crippen molar-refractivity contribution in [3.05, 3.63) is 41.0 Å². The van der Waals surface area contributed by atoms with Crippen molar-refractivity contribution in [3.8, 4) is 28.7 Å². The van der Waals surface area contributed by atoms with Crippen LogP contribution in [0.1, 0.15) is 49.0 Å². The Balaban J connectivity index is 1.59. The molecule has 2 atom stereocenters. The van der Waals surface area contributed by atoms with Gasteiger partial charge in [0, 0.05) is 22.8 Å². The SMILES string of the molecule is CC(C)CCc1c2c(cc3c1O[C@H]1c4ccc(O)cc4OC[C@@H]31)OCO2. The Morgan fingerprint density at radius 1 is 1.04 bits per heavy atom. The summed E-state index contributed by atoms with van der Waals surface area (Å²) in [6.07, 6.45) is 1.86. The second-order valence-corrected chi connectivity index (χ2v) is 7.62. The summed E-state index contributed by atoms with van der Waals surface area (Å²) in [5.74, 6) is 4.18. The number of benzene rings is 2. The van der Waals surface area contributed by atoms with E-state index < -0.39 is 0 Å². The molecule has 0 amide bonds. The van der Waals surface area contributed by atoms with E-state index in [1.165, 1.54) is 0 Å². The summed E-state index contributed by atoms with van der Waals surface area (Å²) >= 11 is 0. The molecule has 0 saturated carbocycles. The smallest absolute Gasteiger partial charge is 0.231 e. The molecule has 5 rings (SSSR count). The van der Waals surface area contributed by atoms with E-state index in [0.717, 1.165) is 46.8 Å². The van der Waals surface area contributed by atoms with Crippen LogP contribution in [-0.4, -0.2) is 18.5 Å².